The number of unbranched alkanes of at least 4 members (excludes halogenated alkanes) is 11. The van der Waals surface area contributed by atoms with E-state index in [1.807, 2.05) is 36.5 Å². The van der Waals surface area contributed by atoms with E-state index in [2.05, 4.69) is 62.5 Å². The van der Waals surface area contributed by atoms with Crippen LogP contribution in [0.3, 0.4) is 0 Å². The zero-order valence-electron chi connectivity index (χ0n) is 34.2. The maximum absolute atomic E-state index is 12.5. The van der Waals surface area contributed by atoms with Crippen molar-refractivity contribution >= 4 is 13.8 Å². The van der Waals surface area contributed by atoms with E-state index in [-0.39, 0.29) is 32.8 Å². The second-order valence-corrected chi connectivity index (χ2v) is 14.8. The van der Waals surface area contributed by atoms with Gasteiger partial charge in [-0.15, -0.1) is 0 Å². The van der Waals surface area contributed by atoms with E-state index in [4.69, 9.17) is 24.3 Å². The first-order valence-corrected chi connectivity index (χ1v) is 22.4. The highest BCUT2D eigenvalue weighted by atomic mass is 31.2. The van der Waals surface area contributed by atoms with Gasteiger partial charge < -0.3 is 25.2 Å². The van der Waals surface area contributed by atoms with Crippen LogP contribution in [-0.2, 0) is 27.9 Å². The molecule has 0 saturated carbocycles. The molecule has 0 fully saturated rings. The minimum atomic E-state index is -4.35. The molecule has 0 heterocycles. The SMILES string of the molecule is CC/C=C\C/C=C\C/C=C\C/C=C\C=C\C(O)C/C=C\CCC(=O)OC(CO/C=C\C/C=C\CCCCCCCCCCCCC)COP(=O)(O)OCCN. The number of rotatable bonds is 38. The van der Waals surface area contributed by atoms with Gasteiger partial charge in [-0.2, -0.15) is 0 Å². The highest BCUT2D eigenvalue weighted by Crippen LogP contribution is 2.43. The van der Waals surface area contributed by atoms with E-state index >= 15 is 0 Å². The molecular formula is C45H76NO8P. The molecule has 0 aromatic heterocycles. The maximum atomic E-state index is 12.5. The lowest BCUT2D eigenvalue weighted by Gasteiger charge is -2.19. The van der Waals surface area contributed by atoms with Crippen molar-refractivity contribution in [2.45, 2.75) is 154 Å². The number of hydrogen-bond donors (Lipinski definition) is 3. The van der Waals surface area contributed by atoms with Gasteiger partial charge in [-0.1, -0.05) is 163 Å². The molecule has 0 amide bonds. The Bertz CT molecular complexity index is 1170. The Morgan fingerprint density at radius 1 is 0.673 bits per heavy atom. The molecule has 4 N–H and O–H groups in total. The normalized spacial score (nSPS) is 15.0. The van der Waals surface area contributed by atoms with Gasteiger partial charge in [0.15, 0.2) is 6.10 Å². The summed E-state index contributed by atoms with van der Waals surface area (Å²) in [6, 6.07) is 0. The lowest BCUT2D eigenvalue weighted by molar-refractivity contribution is -0.153. The number of carbonyl (C=O) groups excluding carboxylic acids is 1. The molecule has 0 spiro atoms. The first kappa shape index (κ1) is 52.2. The lowest BCUT2D eigenvalue weighted by Crippen LogP contribution is -2.27. The second-order valence-electron chi connectivity index (χ2n) is 13.4. The van der Waals surface area contributed by atoms with Crippen LogP contribution in [0.4, 0.5) is 0 Å². The molecule has 314 valence electrons. The molecule has 3 atom stereocenters. The van der Waals surface area contributed by atoms with E-state index in [0.717, 1.165) is 32.1 Å². The summed E-state index contributed by atoms with van der Waals surface area (Å²) in [6.45, 7) is 3.85. The highest BCUT2D eigenvalue weighted by molar-refractivity contribution is 7.47. The first-order valence-electron chi connectivity index (χ1n) is 20.9. The Morgan fingerprint density at radius 3 is 1.91 bits per heavy atom. The molecular weight excluding hydrogens is 713 g/mol. The number of hydrogen-bond acceptors (Lipinski definition) is 8. The minimum Gasteiger partial charge on any atom is -0.498 e. The zero-order valence-corrected chi connectivity index (χ0v) is 35.1. The summed E-state index contributed by atoms with van der Waals surface area (Å²) in [6.07, 6.45) is 51.3. The molecule has 0 aromatic rings. The average molecular weight is 790 g/mol. The Kier molecular flexibility index (Phi) is 38.8. The minimum absolute atomic E-state index is 0.0557. The van der Waals surface area contributed by atoms with Crippen LogP contribution in [0.5, 0.6) is 0 Å². The number of allylic oxidation sites excluding steroid dienone is 13. The van der Waals surface area contributed by atoms with Gasteiger partial charge in [0.1, 0.15) is 6.61 Å². The highest BCUT2D eigenvalue weighted by Gasteiger charge is 2.25. The Hall–Kier alpha value is -2.78. The van der Waals surface area contributed by atoms with Crippen molar-refractivity contribution in [2.75, 3.05) is 26.4 Å². The van der Waals surface area contributed by atoms with E-state index in [0.29, 0.717) is 19.3 Å². The van der Waals surface area contributed by atoms with Gasteiger partial charge in [0.2, 0.25) is 0 Å². The molecule has 0 aromatic carbocycles. The van der Waals surface area contributed by atoms with Crippen LogP contribution in [0.2, 0.25) is 0 Å². The predicted octanol–water partition coefficient (Wildman–Crippen LogP) is 11.6. The molecule has 9 nitrogen and oxygen atoms in total. The van der Waals surface area contributed by atoms with Crippen molar-refractivity contribution in [3.8, 4) is 0 Å². The summed E-state index contributed by atoms with van der Waals surface area (Å²) < 4.78 is 32.9. The molecule has 55 heavy (non-hydrogen) atoms. The number of aliphatic hydroxyl groups is 1. The molecule has 3 unspecified atom stereocenters. The quantitative estimate of drug-likeness (QED) is 0.0139. The first-order chi connectivity index (χ1) is 26.8. The number of phosphoric acid groups is 1. The third kappa shape index (κ3) is 40.7. The maximum Gasteiger partial charge on any atom is 0.472 e. The van der Waals surface area contributed by atoms with Crippen molar-refractivity contribution in [1.29, 1.82) is 0 Å². The van der Waals surface area contributed by atoms with Crippen molar-refractivity contribution in [1.82, 2.24) is 0 Å². The molecule has 10 heteroatoms. The van der Waals surface area contributed by atoms with Gasteiger partial charge in [0.05, 0.1) is 25.6 Å². The number of aliphatic hydroxyl groups excluding tert-OH is 1. The van der Waals surface area contributed by atoms with Crippen LogP contribution < -0.4 is 5.73 Å². The van der Waals surface area contributed by atoms with E-state index in [9.17, 15) is 19.4 Å². The fourth-order valence-corrected chi connectivity index (χ4v) is 5.88. The predicted molar refractivity (Wildman–Crippen MR) is 229 cm³/mol. The molecule has 0 aliphatic carbocycles. The fraction of sp³-hybridized carbons (Fsp3) is 0.622. The molecule has 0 radical (unpaired) electrons. The summed E-state index contributed by atoms with van der Waals surface area (Å²) in [5.41, 5.74) is 5.34. The van der Waals surface area contributed by atoms with Crippen LogP contribution in [0.25, 0.3) is 0 Å². The summed E-state index contributed by atoms with van der Waals surface area (Å²) in [7, 11) is -4.35. The van der Waals surface area contributed by atoms with Gasteiger partial charge >= 0.3 is 13.8 Å². The van der Waals surface area contributed by atoms with Crippen LogP contribution in [-0.4, -0.2) is 54.5 Å². The van der Waals surface area contributed by atoms with Gasteiger partial charge in [-0.25, -0.2) is 4.57 Å². The fourth-order valence-electron chi connectivity index (χ4n) is 5.12. The van der Waals surface area contributed by atoms with Gasteiger partial charge in [0, 0.05) is 13.0 Å². The van der Waals surface area contributed by atoms with E-state index in [1.165, 1.54) is 76.9 Å². The Morgan fingerprint density at radius 2 is 1.25 bits per heavy atom. The molecule has 0 bridgehead atoms. The standard InChI is InChI=1S/C45H76NO8P/c1-3-5-7-9-11-13-15-17-18-19-21-23-25-27-29-34-39-51-41-44(42-53-55(49,50)52-40-38-46)54-45(48)37-33-30-32-36-43(47)35-31-28-26-24-22-20-16-14-12-10-8-6-4-2/h6,8,12,14,20,22,25-28,30-32,34-35,39,43-44,47H,3-5,7,9-11,13,15-19,21,23-24,29,33,36-38,40-42,46H2,1-2H3,(H,49,50)/b8-6-,14-12-,22-20-,27-25-,28-26-,32-30-,35-31+,39-34-. The number of carbonyl (C=O) groups is 1. The largest absolute Gasteiger partial charge is 0.498 e. The van der Waals surface area contributed by atoms with Gasteiger partial charge in [0.25, 0.3) is 0 Å². The average Bonchev–Trinajstić information content (AvgIpc) is 3.17. The lowest BCUT2D eigenvalue weighted by atomic mass is 10.1. The number of esters is 1. The smallest absolute Gasteiger partial charge is 0.472 e. The van der Waals surface area contributed by atoms with Gasteiger partial charge in [-0.3, -0.25) is 13.8 Å². The van der Waals surface area contributed by atoms with Crippen molar-refractivity contribution in [2.24, 2.45) is 5.73 Å². The van der Waals surface area contributed by atoms with E-state index < -0.39 is 26.0 Å². The third-order valence-corrected chi connectivity index (χ3v) is 9.16. The van der Waals surface area contributed by atoms with Crippen LogP contribution in [0.15, 0.2) is 97.4 Å². The van der Waals surface area contributed by atoms with Crippen LogP contribution >= 0.6 is 7.82 Å². The topological polar surface area (TPSA) is 138 Å². The van der Waals surface area contributed by atoms with Crippen molar-refractivity contribution < 1.29 is 37.9 Å². The monoisotopic (exact) mass is 790 g/mol. The Balaban J connectivity index is 4.41. The molecule has 0 aliphatic rings. The zero-order chi connectivity index (χ0) is 40.3. The van der Waals surface area contributed by atoms with Gasteiger partial charge in [-0.05, 0) is 63.9 Å². The van der Waals surface area contributed by atoms with Crippen molar-refractivity contribution in [3.63, 3.8) is 0 Å². The molecule has 0 rings (SSSR count). The molecule has 0 aliphatic heterocycles. The molecule has 0 saturated heterocycles. The summed E-state index contributed by atoms with van der Waals surface area (Å²) in [5.74, 6) is -0.508. The number of phosphoric ester groups is 1. The van der Waals surface area contributed by atoms with Crippen molar-refractivity contribution in [3.05, 3.63) is 97.4 Å². The third-order valence-electron chi connectivity index (χ3n) is 8.17. The number of nitrogens with two attached hydrogens (primary N) is 1. The summed E-state index contributed by atoms with van der Waals surface area (Å²) in [5, 5.41) is 10.2. The van der Waals surface area contributed by atoms with Crippen LogP contribution in [0, 0.1) is 0 Å². The second kappa shape index (κ2) is 40.9. The summed E-state index contributed by atoms with van der Waals surface area (Å²) >= 11 is 0. The van der Waals surface area contributed by atoms with E-state index in [1.54, 1.807) is 6.08 Å². The summed E-state index contributed by atoms with van der Waals surface area (Å²) in [4.78, 5) is 22.4. The Labute approximate surface area is 334 Å². The number of ether oxygens (including phenoxy) is 2. The van der Waals surface area contributed by atoms with Crippen LogP contribution in [0.1, 0.15) is 142 Å².